The number of carbonyl (C=O) groups is 2. The van der Waals surface area contributed by atoms with Gasteiger partial charge in [0.2, 0.25) is 0 Å². The van der Waals surface area contributed by atoms with Crippen molar-refractivity contribution in [2.45, 2.75) is 104 Å². The van der Waals surface area contributed by atoms with E-state index in [1.807, 2.05) is 51.1 Å². The highest BCUT2D eigenvalue weighted by Crippen LogP contribution is 2.71. The molecule has 2 saturated carbocycles. The van der Waals surface area contributed by atoms with Crippen LogP contribution in [-0.2, 0) is 14.0 Å². The van der Waals surface area contributed by atoms with Crippen LogP contribution in [0.3, 0.4) is 0 Å². The van der Waals surface area contributed by atoms with Gasteiger partial charge in [0, 0.05) is 11.8 Å². The summed E-state index contributed by atoms with van der Waals surface area (Å²) in [5, 5.41) is 2.98. The van der Waals surface area contributed by atoms with Gasteiger partial charge in [-0.1, -0.05) is 51.1 Å². The van der Waals surface area contributed by atoms with Crippen molar-refractivity contribution in [2.24, 2.45) is 16.7 Å². The molecule has 0 radical (unpaired) electrons. The van der Waals surface area contributed by atoms with E-state index in [4.69, 9.17) is 9.16 Å². The van der Waals surface area contributed by atoms with Crippen LogP contribution in [0, 0.1) is 16.7 Å². The first-order valence-electron chi connectivity index (χ1n) is 12.3. The van der Waals surface area contributed by atoms with Crippen LogP contribution in [0.5, 0.6) is 0 Å². The van der Waals surface area contributed by atoms with Crippen molar-refractivity contribution in [3.8, 4) is 0 Å². The van der Waals surface area contributed by atoms with E-state index in [9.17, 15) is 9.59 Å². The number of alkyl carbamates (subject to hydrolysis) is 1. The highest BCUT2D eigenvalue weighted by molar-refractivity contribution is 6.70. The summed E-state index contributed by atoms with van der Waals surface area (Å²) in [5.41, 5.74) is -0.725. The third-order valence-electron chi connectivity index (χ3n) is 8.07. The van der Waals surface area contributed by atoms with Crippen LogP contribution >= 0.6 is 0 Å². The van der Waals surface area contributed by atoms with Gasteiger partial charge in [-0.3, -0.25) is 4.79 Å². The fourth-order valence-corrected chi connectivity index (χ4v) is 7.61. The minimum absolute atomic E-state index is 0.0309. The van der Waals surface area contributed by atoms with E-state index in [1.165, 1.54) is 0 Å². The molecule has 0 saturated heterocycles. The highest BCUT2D eigenvalue weighted by atomic mass is 28.4. The van der Waals surface area contributed by atoms with Gasteiger partial charge in [-0.2, -0.15) is 0 Å². The predicted octanol–water partition coefficient (Wildman–Crippen LogP) is 6.65. The van der Waals surface area contributed by atoms with Gasteiger partial charge in [0.1, 0.15) is 11.2 Å². The number of fused-ring (bicyclic) bond motifs is 2. The number of rotatable bonds is 7. The Morgan fingerprint density at radius 3 is 2.18 bits per heavy atom. The molecule has 1 amide bonds. The summed E-state index contributed by atoms with van der Waals surface area (Å²) >= 11 is 0. The summed E-state index contributed by atoms with van der Waals surface area (Å²) < 4.78 is 12.4. The maximum atomic E-state index is 14.3. The van der Waals surface area contributed by atoms with E-state index >= 15 is 0 Å². The summed E-state index contributed by atoms with van der Waals surface area (Å²) in [5.74, 6) is 0.574. The molecule has 0 aliphatic heterocycles. The molecule has 1 aromatic rings. The number of benzene rings is 1. The predicted molar refractivity (Wildman–Crippen MR) is 135 cm³/mol. The zero-order valence-corrected chi connectivity index (χ0v) is 23.0. The first-order valence-corrected chi connectivity index (χ1v) is 15.7. The van der Waals surface area contributed by atoms with Crippen LogP contribution in [0.15, 0.2) is 30.3 Å². The van der Waals surface area contributed by atoms with Crippen LogP contribution < -0.4 is 5.32 Å². The average Bonchev–Trinajstić information content (AvgIpc) is 2.98. The van der Waals surface area contributed by atoms with Crippen molar-refractivity contribution in [3.05, 3.63) is 35.9 Å². The first-order chi connectivity index (χ1) is 15.0. The molecule has 1 aromatic carbocycles. The van der Waals surface area contributed by atoms with Gasteiger partial charge in [0.05, 0.1) is 6.04 Å². The van der Waals surface area contributed by atoms with Crippen molar-refractivity contribution in [2.75, 3.05) is 0 Å². The Hall–Kier alpha value is -1.66. The lowest BCUT2D eigenvalue weighted by Crippen LogP contribution is -2.59. The van der Waals surface area contributed by atoms with E-state index in [-0.39, 0.29) is 23.0 Å². The maximum absolute atomic E-state index is 14.3. The van der Waals surface area contributed by atoms with Gasteiger partial charge in [0.15, 0.2) is 14.1 Å². The van der Waals surface area contributed by atoms with E-state index in [1.54, 1.807) is 0 Å². The van der Waals surface area contributed by atoms with Gasteiger partial charge in [-0.25, -0.2) is 4.79 Å². The van der Waals surface area contributed by atoms with Gasteiger partial charge >= 0.3 is 6.09 Å². The standard InChI is InChI=1S/C27H43NO4Si/c1-24(2,3)31-23(30)28-21(19-13-11-10-12-14-19)17-22(29)27(32-33(7,8)9)18-20-15-16-26(27,6)25(20,4)5/h10-14,20-21H,15-18H2,1-9H3,(H,28,30)/t20-,21-,26-,27+/m1/s1. The van der Waals surface area contributed by atoms with Gasteiger partial charge in [-0.15, -0.1) is 0 Å². The Labute approximate surface area is 201 Å². The van der Waals surface area contributed by atoms with Crippen LogP contribution in [0.2, 0.25) is 19.6 Å². The van der Waals surface area contributed by atoms with Crippen molar-refractivity contribution < 1.29 is 18.8 Å². The van der Waals surface area contributed by atoms with E-state index < -0.39 is 31.7 Å². The normalized spacial score (nSPS) is 29.5. The van der Waals surface area contributed by atoms with Crippen molar-refractivity contribution >= 4 is 20.2 Å². The summed E-state index contributed by atoms with van der Waals surface area (Å²) in [6.45, 7) is 18.9. The number of hydrogen-bond donors (Lipinski definition) is 1. The minimum Gasteiger partial charge on any atom is -0.444 e. The van der Waals surface area contributed by atoms with Crippen molar-refractivity contribution in [3.63, 3.8) is 0 Å². The summed E-state index contributed by atoms with van der Waals surface area (Å²) in [4.78, 5) is 27.0. The molecule has 33 heavy (non-hydrogen) atoms. The molecule has 5 nitrogen and oxygen atoms in total. The Morgan fingerprint density at radius 2 is 1.73 bits per heavy atom. The van der Waals surface area contributed by atoms with Crippen LogP contribution in [0.25, 0.3) is 0 Å². The van der Waals surface area contributed by atoms with Crippen LogP contribution in [0.4, 0.5) is 4.79 Å². The van der Waals surface area contributed by atoms with E-state index in [0.29, 0.717) is 5.92 Å². The van der Waals surface area contributed by atoms with E-state index in [0.717, 1.165) is 24.8 Å². The van der Waals surface area contributed by atoms with Crippen molar-refractivity contribution in [1.82, 2.24) is 5.32 Å². The summed E-state index contributed by atoms with van der Waals surface area (Å²) in [6.07, 6.45) is 2.59. The molecule has 0 unspecified atom stereocenters. The van der Waals surface area contributed by atoms with Crippen LogP contribution in [-0.4, -0.2) is 31.4 Å². The first kappa shape index (κ1) is 26.0. The molecule has 6 heteroatoms. The smallest absolute Gasteiger partial charge is 0.408 e. The SMILES string of the molecule is CC(C)(C)OC(=O)N[C@H](CC(=O)[C@@]1(O[Si](C)(C)C)C[C@H]2CC[C@]1(C)C2(C)C)c1ccccc1. The molecule has 0 aromatic heterocycles. The lowest BCUT2D eigenvalue weighted by atomic mass is 9.62. The molecule has 3 rings (SSSR count). The lowest BCUT2D eigenvalue weighted by molar-refractivity contribution is -0.152. The monoisotopic (exact) mass is 473 g/mol. The summed E-state index contributed by atoms with van der Waals surface area (Å²) in [6, 6.07) is 9.23. The molecule has 1 N–H and O–H groups in total. The van der Waals surface area contributed by atoms with Crippen molar-refractivity contribution in [1.29, 1.82) is 0 Å². The summed E-state index contributed by atoms with van der Waals surface area (Å²) in [7, 11) is -2.03. The van der Waals surface area contributed by atoms with Crippen LogP contribution in [0.1, 0.15) is 78.8 Å². The molecule has 2 aliphatic rings. The maximum Gasteiger partial charge on any atom is 0.408 e. The molecular weight excluding hydrogens is 430 g/mol. The molecule has 4 atom stereocenters. The number of carbonyl (C=O) groups excluding carboxylic acids is 2. The molecule has 184 valence electrons. The van der Waals surface area contributed by atoms with Gasteiger partial charge in [-0.05, 0) is 76.6 Å². The third-order valence-corrected chi connectivity index (χ3v) is 9.03. The average molecular weight is 474 g/mol. The topological polar surface area (TPSA) is 64.6 Å². The molecular formula is C27H43NO4Si. The number of Topliss-reactive ketones (excluding diaryl/α,β-unsaturated/α-hetero) is 1. The second-order valence-corrected chi connectivity index (χ2v) is 17.2. The second kappa shape index (κ2) is 8.53. The fourth-order valence-electron chi connectivity index (χ4n) is 6.14. The Morgan fingerprint density at radius 1 is 1.12 bits per heavy atom. The Bertz CT molecular complexity index is 886. The fraction of sp³-hybridized carbons (Fsp3) is 0.704. The second-order valence-electron chi connectivity index (χ2n) is 12.8. The third kappa shape index (κ3) is 4.92. The zero-order chi connectivity index (χ0) is 24.9. The molecule has 2 fully saturated rings. The number of ether oxygens (including phenoxy) is 1. The van der Waals surface area contributed by atoms with Gasteiger partial charge < -0.3 is 14.5 Å². The molecule has 2 bridgehead atoms. The Balaban J connectivity index is 1.95. The molecule has 0 heterocycles. The minimum atomic E-state index is -2.03. The molecule has 2 aliphatic carbocycles. The largest absolute Gasteiger partial charge is 0.444 e. The zero-order valence-electron chi connectivity index (χ0n) is 22.0. The number of amides is 1. The lowest BCUT2D eigenvalue weighted by Gasteiger charge is -2.50. The number of ketones is 1. The highest BCUT2D eigenvalue weighted by Gasteiger charge is 2.72. The van der Waals surface area contributed by atoms with E-state index in [2.05, 4.69) is 45.7 Å². The van der Waals surface area contributed by atoms with Gasteiger partial charge in [0.25, 0.3) is 0 Å². The number of nitrogens with one attached hydrogen (secondary N) is 1. The Kier molecular flexibility index (Phi) is 6.71. The number of hydrogen-bond acceptors (Lipinski definition) is 4. The molecule has 0 spiro atoms. The quantitative estimate of drug-likeness (QED) is 0.450.